The molecule has 1 heterocycles. The highest BCUT2D eigenvalue weighted by Gasteiger charge is 2.14. The van der Waals surface area contributed by atoms with Gasteiger partial charge in [-0.3, -0.25) is 4.79 Å². The number of aromatic nitrogens is 1. The fourth-order valence-electron chi connectivity index (χ4n) is 1.55. The Hall–Kier alpha value is -2.27. The summed E-state index contributed by atoms with van der Waals surface area (Å²) in [6, 6.07) is 8.10. The van der Waals surface area contributed by atoms with Crippen molar-refractivity contribution in [3.05, 3.63) is 47.1 Å². The number of nitrogens with zero attached hydrogens (tertiary/aromatic N) is 1. The van der Waals surface area contributed by atoms with Gasteiger partial charge in [0.2, 0.25) is 0 Å². The first-order valence-electron chi connectivity index (χ1n) is 5.47. The van der Waals surface area contributed by atoms with Crippen molar-refractivity contribution in [3.63, 3.8) is 0 Å². The van der Waals surface area contributed by atoms with Gasteiger partial charge in [0, 0.05) is 11.2 Å². The Bertz CT molecular complexity index is 617. The van der Waals surface area contributed by atoms with Crippen LogP contribution in [-0.4, -0.2) is 18.0 Å². The van der Waals surface area contributed by atoms with Crippen LogP contribution < -0.4 is 15.8 Å². The molecule has 1 amide bonds. The van der Waals surface area contributed by atoms with Crippen LogP contribution in [0.15, 0.2) is 36.5 Å². The van der Waals surface area contributed by atoms with E-state index in [4.69, 9.17) is 22.1 Å². The van der Waals surface area contributed by atoms with Crippen molar-refractivity contribution in [1.82, 2.24) is 4.98 Å². The minimum Gasteiger partial charge on any atom is -0.496 e. The summed E-state index contributed by atoms with van der Waals surface area (Å²) in [5.74, 6) is 0.336. The number of carbonyl (C=O) groups is 1. The molecule has 0 aliphatic carbocycles. The highest BCUT2D eigenvalue weighted by Crippen LogP contribution is 2.24. The Morgan fingerprint density at radius 2 is 2.21 bits per heavy atom. The number of halogens is 1. The molecule has 2 rings (SSSR count). The number of hydrogen-bond acceptors (Lipinski definition) is 4. The molecule has 6 heteroatoms. The van der Waals surface area contributed by atoms with Gasteiger partial charge < -0.3 is 15.8 Å². The predicted octanol–water partition coefficient (Wildman–Crippen LogP) is 2.58. The Morgan fingerprint density at radius 1 is 1.42 bits per heavy atom. The van der Waals surface area contributed by atoms with Crippen LogP contribution in [0, 0.1) is 0 Å². The van der Waals surface area contributed by atoms with E-state index < -0.39 is 0 Å². The zero-order valence-corrected chi connectivity index (χ0v) is 10.9. The van der Waals surface area contributed by atoms with E-state index >= 15 is 0 Å². The number of benzene rings is 1. The molecule has 0 saturated carbocycles. The average Bonchev–Trinajstić information content (AvgIpc) is 2.41. The van der Waals surface area contributed by atoms with Crippen LogP contribution in [0.1, 0.15) is 10.4 Å². The zero-order valence-electron chi connectivity index (χ0n) is 10.2. The van der Waals surface area contributed by atoms with Gasteiger partial charge in [-0.05, 0) is 30.3 Å². The molecule has 1 aromatic carbocycles. The van der Waals surface area contributed by atoms with Gasteiger partial charge >= 0.3 is 0 Å². The molecule has 0 aliphatic heterocycles. The lowest BCUT2D eigenvalue weighted by atomic mass is 10.2. The zero-order chi connectivity index (χ0) is 13.8. The molecule has 0 spiro atoms. The van der Waals surface area contributed by atoms with Gasteiger partial charge in [-0.15, -0.1) is 0 Å². The monoisotopic (exact) mass is 277 g/mol. The minimum absolute atomic E-state index is 0.310. The molecule has 0 saturated heterocycles. The maximum atomic E-state index is 12.1. The standard InChI is InChI=1S/C13H12ClN3O2/c1-19-11-7-8(14)4-5-9(11)13(18)17-12-10(15)3-2-6-16-12/h2-7H,15H2,1H3,(H,16,17,18). The van der Waals surface area contributed by atoms with Crippen molar-refractivity contribution < 1.29 is 9.53 Å². The molecule has 2 aromatic rings. The van der Waals surface area contributed by atoms with Gasteiger partial charge in [0.05, 0.1) is 18.4 Å². The second-order valence-electron chi connectivity index (χ2n) is 3.74. The van der Waals surface area contributed by atoms with E-state index in [-0.39, 0.29) is 5.91 Å². The average molecular weight is 278 g/mol. The number of amides is 1. The number of ether oxygens (including phenoxy) is 1. The van der Waals surface area contributed by atoms with Crippen LogP contribution in [0.25, 0.3) is 0 Å². The van der Waals surface area contributed by atoms with Gasteiger partial charge in [0.25, 0.3) is 5.91 Å². The first kappa shape index (κ1) is 13.2. The fraction of sp³-hybridized carbons (Fsp3) is 0.0769. The lowest BCUT2D eigenvalue weighted by Crippen LogP contribution is -2.15. The van der Waals surface area contributed by atoms with Crippen molar-refractivity contribution in [2.24, 2.45) is 0 Å². The van der Waals surface area contributed by atoms with Crippen LogP contribution in [0.5, 0.6) is 5.75 Å². The largest absolute Gasteiger partial charge is 0.496 e. The molecule has 0 fully saturated rings. The number of nitrogen functional groups attached to an aromatic ring is 1. The highest BCUT2D eigenvalue weighted by atomic mass is 35.5. The molecular formula is C13H12ClN3O2. The Labute approximate surface area is 115 Å². The topological polar surface area (TPSA) is 77.2 Å². The molecule has 0 aliphatic rings. The number of carbonyl (C=O) groups excluding carboxylic acids is 1. The van der Waals surface area contributed by atoms with Gasteiger partial charge in [-0.1, -0.05) is 11.6 Å². The highest BCUT2D eigenvalue weighted by molar-refractivity contribution is 6.31. The van der Waals surface area contributed by atoms with E-state index in [0.29, 0.717) is 27.8 Å². The van der Waals surface area contributed by atoms with Crippen molar-refractivity contribution in [1.29, 1.82) is 0 Å². The summed E-state index contributed by atoms with van der Waals surface area (Å²) in [5, 5.41) is 3.11. The van der Waals surface area contributed by atoms with Gasteiger partial charge in [-0.2, -0.15) is 0 Å². The molecule has 0 bridgehead atoms. The molecule has 98 valence electrons. The lowest BCUT2D eigenvalue weighted by molar-refractivity contribution is 0.102. The van der Waals surface area contributed by atoms with Crippen LogP contribution in [-0.2, 0) is 0 Å². The van der Waals surface area contributed by atoms with Crippen LogP contribution >= 0.6 is 11.6 Å². The summed E-state index contributed by atoms with van der Waals surface area (Å²) in [5.41, 5.74) is 6.46. The number of pyridine rings is 1. The molecule has 0 atom stereocenters. The maximum absolute atomic E-state index is 12.1. The van der Waals surface area contributed by atoms with Crippen LogP contribution in [0.2, 0.25) is 5.02 Å². The molecule has 0 unspecified atom stereocenters. The summed E-state index contributed by atoms with van der Waals surface area (Å²) in [7, 11) is 1.47. The Balaban J connectivity index is 2.28. The number of nitrogens with two attached hydrogens (primary N) is 1. The van der Waals surface area contributed by atoms with Crippen molar-refractivity contribution in [2.75, 3.05) is 18.2 Å². The third-order valence-electron chi connectivity index (χ3n) is 2.48. The molecular weight excluding hydrogens is 266 g/mol. The molecule has 5 nitrogen and oxygen atoms in total. The molecule has 3 N–H and O–H groups in total. The molecule has 0 radical (unpaired) electrons. The smallest absolute Gasteiger partial charge is 0.260 e. The second kappa shape index (κ2) is 5.58. The van der Waals surface area contributed by atoms with Crippen LogP contribution in [0.3, 0.4) is 0 Å². The molecule has 1 aromatic heterocycles. The van der Waals surface area contributed by atoms with E-state index in [9.17, 15) is 4.79 Å². The van der Waals surface area contributed by atoms with E-state index in [2.05, 4.69) is 10.3 Å². The normalized spacial score (nSPS) is 10.0. The quantitative estimate of drug-likeness (QED) is 0.904. The maximum Gasteiger partial charge on any atom is 0.260 e. The predicted molar refractivity (Wildman–Crippen MR) is 74.6 cm³/mol. The van der Waals surface area contributed by atoms with Gasteiger partial charge in [0.15, 0.2) is 5.82 Å². The Morgan fingerprint density at radius 3 is 2.89 bits per heavy atom. The first-order chi connectivity index (χ1) is 9.11. The van der Waals surface area contributed by atoms with E-state index in [0.717, 1.165) is 0 Å². The summed E-state index contributed by atoms with van der Waals surface area (Å²) >= 11 is 5.84. The van der Waals surface area contributed by atoms with Crippen molar-refractivity contribution >= 4 is 29.0 Å². The lowest BCUT2D eigenvalue weighted by Gasteiger charge is -2.10. The summed E-state index contributed by atoms with van der Waals surface area (Å²) in [4.78, 5) is 16.1. The number of hydrogen-bond donors (Lipinski definition) is 2. The van der Waals surface area contributed by atoms with Crippen LogP contribution in [0.4, 0.5) is 11.5 Å². The number of methoxy groups -OCH3 is 1. The fourth-order valence-corrected chi connectivity index (χ4v) is 1.71. The Kier molecular flexibility index (Phi) is 3.87. The van der Waals surface area contributed by atoms with Crippen molar-refractivity contribution in [2.45, 2.75) is 0 Å². The number of rotatable bonds is 3. The second-order valence-corrected chi connectivity index (χ2v) is 4.18. The SMILES string of the molecule is COc1cc(Cl)ccc1C(=O)Nc1ncccc1N. The summed E-state index contributed by atoms with van der Waals surface area (Å²) < 4.78 is 5.12. The number of anilines is 2. The van der Waals surface area contributed by atoms with Gasteiger partial charge in [-0.25, -0.2) is 4.98 Å². The van der Waals surface area contributed by atoms with E-state index in [1.54, 1.807) is 36.5 Å². The minimum atomic E-state index is -0.362. The van der Waals surface area contributed by atoms with Crippen molar-refractivity contribution in [3.8, 4) is 5.75 Å². The van der Waals surface area contributed by atoms with E-state index in [1.165, 1.54) is 7.11 Å². The first-order valence-corrected chi connectivity index (χ1v) is 5.85. The third kappa shape index (κ3) is 2.95. The van der Waals surface area contributed by atoms with E-state index in [1.807, 2.05) is 0 Å². The summed E-state index contributed by atoms with van der Waals surface area (Å²) in [6.07, 6.45) is 1.55. The summed E-state index contributed by atoms with van der Waals surface area (Å²) in [6.45, 7) is 0. The molecule has 19 heavy (non-hydrogen) atoms. The van der Waals surface area contributed by atoms with Gasteiger partial charge in [0.1, 0.15) is 5.75 Å². The number of nitrogens with one attached hydrogen (secondary N) is 1. The third-order valence-corrected chi connectivity index (χ3v) is 2.71.